The largest absolute Gasteiger partial charge is 0.337 e. The van der Waals surface area contributed by atoms with E-state index in [1.165, 1.54) is 11.8 Å². The molecule has 0 aliphatic heterocycles. The molecule has 0 aliphatic rings. The molecule has 0 fully saturated rings. The third kappa shape index (κ3) is 4.27. The zero-order valence-electron chi connectivity index (χ0n) is 14.5. The quantitative estimate of drug-likeness (QED) is 0.732. The van der Waals surface area contributed by atoms with E-state index in [0.717, 1.165) is 5.69 Å². The van der Waals surface area contributed by atoms with Crippen LogP contribution in [-0.4, -0.2) is 48.3 Å². The number of hydrogen-bond donors (Lipinski definition) is 0. The fraction of sp³-hybridized carbons (Fsp3) is 0.500. The van der Waals surface area contributed by atoms with Crippen LogP contribution in [0.4, 0.5) is 0 Å². The van der Waals surface area contributed by atoms with Gasteiger partial charge in [-0.3, -0.25) is 4.79 Å². The van der Waals surface area contributed by atoms with Gasteiger partial charge in [0.25, 0.3) is 0 Å². The molecule has 0 radical (unpaired) electrons. The molecule has 0 saturated carbocycles. The van der Waals surface area contributed by atoms with E-state index in [-0.39, 0.29) is 23.2 Å². The molecule has 1 atom stereocenters. The van der Waals surface area contributed by atoms with Crippen LogP contribution in [0, 0.1) is 0 Å². The summed E-state index contributed by atoms with van der Waals surface area (Å²) in [7, 11) is 0. The minimum absolute atomic E-state index is 0.0793. The summed E-state index contributed by atoms with van der Waals surface area (Å²) in [6.45, 7) is 9.96. The van der Waals surface area contributed by atoms with Gasteiger partial charge in [-0.2, -0.15) is 4.68 Å². The Morgan fingerprint density at radius 3 is 2.25 bits per heavy atom. The van der Waals surface area contributed by atoms with Crippen LogP contribution in [0.5, 0.6) is 0 Å². The van der Waals surface area contributed by atoms with Gasteiger partial charge in [-0.25, -0.2) is 0 Å². The van der Waals surface area contributed by atoms with Crippen molar-refractivity contribution < 1.29 is 4.79 Å². The van der Waals surface area contributed by atoms with E-state index in [9.17, 15) is 4.79 Å². The second kappa shape index (κ2) is 7.98. The van der Waals surface area contributed by atoms with E-state index in [1.807, 2.05) is 51.7 Å². The minimum Gasteiger partial charge on any atom is -0.337 e. The molecule has 0 N–H and O–H groups in total. The third-order valence-corrected chi connectivity index (χ3v) is 4.78. The highest BCUT2D eigenvalue weighted by atomic mass is 35.5. The predicted molar refractivity (Wildman–Crippen MR) is 96.6 cm³/mol. The highest BCUT2D eigenvalue weighted by molar-refractivity contribution is 8.00. The lowest BCUT2D eigenvalue weighted by molar-refractivity contribution is -0.133. The Hall–Kier alpha value is -1.60. The van der Waals surface area contributed by atoms with Crippen molar-refractivity contribution in [2.24, 2.45) is 0 Å². The number of halogens is 1. The Morgan fingerprint density at radius 2 is 1.71 bits per heavy atom. The summed E-state index contributed by atoms with van der Waals surface area (Å²) in [6, 6.07) is 7.52. The first-order chi connectivity index (χ1) is 11.3. The molecule has 1 aromatic carbocycles. The van der Waals surface area contributed by atoms with Crippen molar-refractivity contribution in [3.8, 4) is 5.69 Å². The maximum absolute atomic E-state index is 12.8. The van der Waals surface area contributed by atoms with Crippen molar-refractivity contribution >= 4 is 29.3 Å². The van der Waals surface area contributed by atoms with Gasteiger partial charge < -0.3 is 4.90 Å². The van der Waals surface area contributed by atoms with Gasteiger partial charge in [-0.1, -0.05) is 23.4 Å². The summed E-state index contributed by atoms with van der Waals surface area (Å²) >= 11 is 7.27. The lowest BCUT2D eigenvalue weighted by Gasteiger charge is -2.32. The minimum atomic E-state index is -0.285. The Bertz CT molecular complexity index is 678. The van der Waals surface area contributed by atoms with E-state index in [4.69, 9.17) is 11.6 Å². The number of nitrogens with zero attached hydrogens (tertiary/aromatic N) is 5. The predicted octanol–water partition coefficient (Wildman–Crippen LogP) is 3.44. The van der Waals surface area contributed by atoms with Crippen LogP contribution >= 0.6 is 23.4 Å². The molecular formula is C16H22ClN5OS. The Kier molecular flexibility index (Phi) is 6.23. The molecule has 1 unspecified atom stereocenters. The van der Waals surface area contributed by atoms with Crippen LogP contribution in [0.3, 0.4) is 0 Å². The molecule has 0 aliphatic carbocycles. The van der Waals surface area contributed by atoms with Crippen LogP contribution in [0.1, 0.15) is 34.6 Å². The molecule has 0 spiro atoms. The van der Waals surface area contributed by atoms with E-state index in [0.29, 0.717) is 10.2 Å². The van der Waals surface area contributed by atoms with Gasteiger partial charge in [0.05, 0.1) is 10.9 Å². The monoisotopic (exact) mass is 367 g/mol. The first kappa shape index (κ1) is 18.7. The van der Waals surface area contributed by atoms with Gasteiger partial charge in [0.2, 0.25) is 11.1 Å². The molecule has 0 bridgehead atoms. The van der Waals surface area contributed by atoms with Crippen LogP contribution in [-0.2, 0) is 4.79 Å². The number of carbonyl (C=O) groups excluding carboxylic acids is 1. The Morgan fingerprint density at radius 1 is 1.12 bits per heavy atom. The van der Waals surface area contributed by atoms with Crippen molar-refractivity contribution in [1.82, 2.24) is 25.1 Å². The molecule has 130 valence electrons. The standard InChI is InChI=1S/C16H22ClN5OS/c1-10(2)21(11(3)4)15(23)12(5)24-16-18-19-20-22(16)14-8-6-13(17)7-9-14/h6-12H,1-5H3. The van der Waals surface area contributed by atoms with Gasteiger partial charge >= 0.3 is 0 Å². The smallest absolute Gasteiger partial charge is 0.236 e. The number of rotatable bonds is 6. The second-order valence-corrected chi connectivity index (χ2v) is 7.79. The summed E-state index contributed by atoms with van der Waals surface area (Å²) in [6.07, 6.45) is 0. The van der Waals surface area contributed by atoms with Gasteiger partial charge in [0.1, 0.15) is 0 Å². The third-order valence-electron chi connectivity index (χ3n) is 3.51. The van der Waals surface area contributed by atoms with Crippen LogP contribution in [0.2, 0.25) is 5.02 Å². The van der Waals surface area contributed by atoms with E-state index in [1.54, 1.807) is 16.8 Å². The molecule has 1 heterocycles. The first-order valence-electron chi connectivity index (χ1n) is 7.84. The average molecular weight is 368 g/mol. The molecule has 8 heteroatoms. The summed E-state index contributed by atoms with van der Waals surface area (Å²) in [5.41, 5.74) is 0.802. The molecule has 2 aromatic rings. The number of amides is 1. The maximum Gasteiger partial charge on any atom is 0.236 e. The van der Waals surface area contributed by atoms with E-state index in [2.05, 4.69) is 15.5 Å². The van der Waals surface area contributed by atoms with Gasteiger partial charge in [0.15, 0.2) is 0 Å². The highest BCUT2D eigenvalue weighted by Gasteiger charge is 2.27. The normalized spacial score (nSPS) is 12.7. The SMILES string of the molecule is CC(Sc1nnnn1-c1ccc(Cl)cc1)C(=O)N(C(C)C)C(C)C. The number of carbonyl (C=O) groups is 1. The van der Waals surface area contributed by atoms with Crippen molar-refractivity contribution in [2.75, 3.05) is 0 Å². The van der Waals surface area contributed by atoms with Gasteiger partial charge in [-0.15, -0.1) is 5.10 Å². The van der Waals surface area contributed by atoms with Crippen LogP contribution in [0.15, 0.2) is 29.4 Å². The Balaban J connectivity index is 2.18. The number of thioether (sulfide) groups is 1. The van der Waals surface area contributed by atoms with Gasteiger partial charge in [-0.05, 0) is 69.3 Å². The molecule has 2 rings (SSSR count). The average Bonchev–Trinajstić information content (AvgIpc) is 2.95. The lowest BCUT2D eigenvalue weighted by atomic mass is 10.2. The number of tetrazole rings is 1. The van der Waals surface area contributed by atoms with Crippen LogP contribution < -0.4 is 0 Å². The first-order valence-corrected chi connectivity index (χ1v) is 9.10. The molecular weight excluding hydrogens is 346 g/mol. The van der Waals surface area contributed by atoms with Crippen molar-refractivity contribution in [3.63, 3.8) is 0 Å². The van der Waals surface area contributed by atoms with E-state index < -0.39 is 0 Å². The molecule has 1 amide bonds. The number of benzene rings is 1. The van der Waals surface area contributed by atoms with Crippen molar-refractivity contribution in [2.45, 2.75) is 57.1 Å². The molecule has 1 aromatic heterocycles. The van der Waals surface area contributed by atoms with Crippen LogP contribution in [0.25, 0.3) is 5.69 Å². The molecule has 6 nitrogen and oxygen atoms in total. The number of aromatic nitrogens is 4. The fourth-order valence-electron chi connectivity index (χ4n) is 2.52. The Labute approximate surface area is 151 Å². The summed E-state index contributed by atoms with van der Waals surface area (Å²) in [5.74, 6) is 0.0793. The number of hydrogen-bond acceptors (Lipinski definition) is 5. The zero-order chi connectivity index (χ0) is 17.9. The van der Waals surface area contributed by atoms with Crippen molar-refractivity contribution in [3.05, 3.63) is 29.3 Å². The lowest BCUT2D eigenvalue weighted by Crippen LogP contribution is -2.45. The summed E-state index contributed by atoms with van der Waals surface area (Å²) < 4.78 is 1.61. The maximum atomic E-state index is 12.8. The topological polar surface area (TPSA) is 63.9 Å². The fourth-order valence-corrected chi connectivity index (χ4v) is 3.51. The zero-order valence-corrected chi connectivity index (χ0v) is 16.0. The molecule has 0 saturated heterocycles. The van der Waals surface area contributed by atoms with Gasteiger partial charge in [0, 0.05) is 17.1 Å². The second-order valence-electron chi connectivity index (χ2n) is 6.04. The highest BCUT2D eigenvalue weighted by Crippen LogP contribution is 2.25. The molecule has 24 heavy (non-hydrogen) atoms. The summed E-state index contributed by atoms with van der Waals surface area (Å²) in [4.78, 5) is 14.6. The van der Waals surface area contributed by atoms with Crippen molar-refractivity contribution in [1.29, 1.82) is 0 Å². The van der Waals surface area contributed by atoms with E-state index >= 15 is 0 Å². The summed E-state index contributed by atoms with van der Waals surface area (Å²) in [5, 5.41) is 12.7.